The second kappa shape index (κ2) is 6.10. The molecule has 0 amide bonds. The zero-order valence-electron chi connectivity index (χ0n) is 10.3. The first-order valence-corrected chi connectivity index (χ1v) is 5.34. The van der Waals surface area contributed by atoms with Crippen LogP contribution in [0.1, 0.15) is 5.56 Å². The molecule has 1 aromatic rings. The first kappa shape index (κ1) is 14.8. The second-order valence-electron chi connectivity index (χ2n) is 3.82. The number of nitro groups is 1. The Labute approximate surface area is 108 Å². The van der Waals surface area contributed by atoms with E-state index in [1.807, 2.05) is 0 Å². The summed E-state index contributed by atoms with van der Waals surface area (Å²) in [7, 11) is 1.43. The molecule has 0 saturated carbocycles. The minimum absolute atomic E-state index is 0.218. The molecule has 104 valence electrons. The summed E-state index contributed by atoms with van der Waals surface area (Å²) in [6.07, 6.45) is 0. The lowest BCUT2D eigenvalue weighted by molar-refractivity contribution is -0.385. The number of likely N-dealkylation sites (N-methyl/N-ethyl adjacent to an activating group) is 1. The summed E-state index contributed by atoms with van der Waals surface area (Å²) in [6.45, 7) is 1.15. The molecule has 2 N–H and O–H groups in total. The topological polar surface area (TPSA) is 102 Å². The summed E-state index contributed by atoms with van der Waals surface area (Å²) < 4.78 is 18.6. The predicted molar refractivity (Wildman–Crippen MR) is 63.8 cm³/mol. The van der Waals surface area contributed by atoms with E-state index in [0.717, 1.165) is 6.07 Å². The number of nitrogens with zero attached hydrogens (tertiary/aromatic N) is 1. The van der Waals surface area contributed by atoms with Crippen molar-refractivity contribution in [1.29, 1.82) is 0 Å². The van der Waals surface area contributed by atoms with Gasteiger partial charge in [0, 0.05) is 5.56 Å². The molecule has 1 atom stereocenters. The number of aliphatic carboxylic acids is 1. The molecule has 0 heterocycles. The molecule has 1 rings (SSSR count). The van der Waals surface area contributed by atoms with Gasteiger partial charge in [0.15, 0.2) is 11.6 Å². The predicted octanol–water partition coefficient (Wildman–Crippen LogP) is 1.09. The smallest absolute Gasteiger partial charge is 0.324 e. The number of hydrogen-bond donors (Lipinski definition) is 2. The van der Waals surface area contributed by atoms with Crippen LogP contribution in [-0.4, -0.2) is 35.7 Å². The highest BCUT2D eigenvalue weighted by atomic mass is 19.1. The Kier molecular flexibility index (Phi) is 4.76. The van der Waals surface area contributed by atoms with E-state index in [4.69, 9.17) is 9.84 Å². The van der Waals surface area contributed by atoms with Gasteiger partial charge in [-0.3, -0.25) is 14.9 Å². The SMILES string of the molecule is CNC(COc1cc(C)c([N+](=O)[O-])cc1F)C(=O)O. The Morgan fingerprint density at radius 3 is 2.74 bits per heavy atom. The molecule has 0 aliphatic heterocycles. The number of benzene rings is 1. The van der Waals surface area contributed by atoms with Gasteiger partial charge in [0.05, 0.1) is 11.0 Å². The lowest BCUT2D eigenvalue weighted by atomic mass is 10.2. The number of ether oxygens (including phenoxy) is 1. The molecule has 0 spiro atoms. The third kappa shape index (κ3) is 3.62. The molecule has 0 fully saturated rings. The molecule has 7 nitrogen and oxygen atoms in total. The molecular formula is C11H13FN2O5. The van der Waals surface area contributed by atoms with Crippen LogP contribution in [0.15, 0.2) is 12.1 Å². The fourth-order valence-electron chi connectivity index (χ4n) is 1.40. The van der Waals surface area contributed by atoms with E-state index < -0.39 is 22.8 Å². The van der Waals surface area contributed by atoms with Crippen LogP contribution in [0.2, 0.25) is 0 Å². The Morgan fingerprint density at radius 2 is 2.26 bits per heavy atom. The number of halogens is 1. The Bertz CT molecular complexity index is 506. The van der Waals surface area contributed by atoms with Crippen LogP contribution >= 0.6 is 0 Å². The van der Waals surface area contributed by atoms with Crippen molar-refractivity contribution < 1.29 is 24.0 Å². The molecule has 0 bridgehead atoms. The summed E-state index contributed by atoms with van der Waals surface area (Å²) in [5, 5.41) is 21.8. The van der Waals surface area contributed by atoms with Crippen molar-refractivity contribution in [1.82, 2.24) is 5.32 Å². The van der Waals surface area contributed by atoms with Crippen LogP contribution in [0, 0.1) is 22.9 Å². The van der Waals surface area contributed by atoms with Gasteiger partial charge in [-0.05, 0) is 20.0 Å². The van der Waals surface area contributed by atoms with Gasteiger partial charge in [-0.25, -0.2) is 4.39 Å². The quantitative estimate of drug-likeness (QED) is 0.593. The van der Waals surface area contributed by atoms with Crippen molar-refractivity contribution in [3.63, 3.8) is 0 Å². The second-order valence-corrected chi connectivity index (χ2v) is 3.82. The summed E-state index contributed by atoms with van der Waals surface area (Å²) in [5.74, 6) is -2.26. The van der Waals surface area contributed by atoms with Gasteiger partial charge < -0.3 is 15.2 Å². The monoisotopic (exact) mass is 272 g/mol. The lowest BCUT2D eigenvalue weighted by Crippen LogP contribution is -2.39. The van der Waals surface area contributed by atoms with Gasteiger partial charge in [0.2, 0.25) is 0 Å². The average molecular weight is 272 g/mol. The maximum absolute atomic E-state index is 13.5. The van der Waals surface area contributed by atoms with E-state index in [0.29, 0.717) is 0 Å². The van der Waals surface area contributed by atoms with Crippen molar-refractivity contribution in [3.05, 3.63) is 33.6 Å². The van der Waals surface area contributed by atoms with Crippen molar-refractivity contribution >= 4 is 11.7 Å². The van der Waals surface area contributed by atoms with E-state index >= 15 is 0 Å². The largest absolute Gasteiger partial charge is 0.488 e. The van der Waals surface area contributed by atoms with Gasteiger partial charge in [-0.1, -0.05) is 0 Å². The molecular weight excluding hydrogens is 259 g/mol. The molecule has 1 aromatic carbocycles. The Balaban J connectivity index is 2.88. The molecule has 0 saturated heterocycles. The van der Waals surface area contributed by atoms with E-state index in [2.05, 4.69) is 5.32 Å². The highest BCUT2D eigenvalue weighted by Gasteiger charge is 2.19. The van der Waals surface area contributed by atoms with E-state index in [9.17, 15) is 19.3 Å². The molecule has 0 aliphatic rings. The number of rotatable bonds is 6. The minimum atomic E-state index is -1.14. The fraction of sp³-hybridized carbons (Fsp3) is 0.364. The highest BCUT2D eigenvalue weighted by molar-refractivity contribution is 5.73. The number of carboxylic acids is 1. The van der Waals surface area contributed by atoms with Crippen LogP contribution in [0.5, 0.6) is 5.75 Å². The van der Waals surface area contributed by atoms with Crippen LogP contribution in [0.3, 0.4) is 0 Å². The van der Waals surface area contributed by atoms with Crippen LogP contribution in [-0.2, 0) is 4.79 Å². The van der Waals surface area contributed by atoms with Crippen LogP contribution in [0.4, 0.5) is 10.1 Å². The number of hydrogen-bond acceptors (Lipinski definition) is 5. The van der Waals surface area contributed by atoms with Gasteiger partial charge in [-0.15, -0.1) is 0 Å². The van der Waals surface area contributed by atoms with E-state index in [-0.39, 0.29) is 23.6 Å². The van der Waals surface area contributed by atoms with Crippen molar-refractivity contribution in [2.75, 3.05) is 13.7 Å². The summed E-state index contributed by atoms with van der Waals surface area (Å²) in [5.41, 5.74) is -0.119. The van der Waals surface area contributed by atoms with Gasteiger partial charge in [0.25, 0.3) is 5.69 Å². The number of carboxylic acid groups (broad SMARTS) is 1. The van der Waals surface area contributed by atoms with Crippen molar-refractivity contribution in [2.45, 2.75) is 13.0 Å². The van der Waals surface area contributed by atoms with Crippen LogP contribution in [0.25, 0.3) is 0 Å². The van der Waals surface area contributed by atoms with Gasteiger partial charge in [0.1, 0.15) is 12.6 Å². The Morgan fingerprint density at radius 1 is 1.63 bits per heavy atom. The molecule has 8 heteroatoms. The molecule has 0 aliphatic carbocycles. The molecule has 19 heavy (non-hydrogen) atoms. The van der Waals surface area contributed by atoms with Crippen molar-refractivity contribution in [2.24, 2.45) is 0 Å². The molecule has 0 aromatic heterocycles. The summed E-state index contributed by atoms with van der Waals surface area (Å²) in [4.78, 5) is 20.6. The Hall–Kier alpha value is -2.22. The lowest BCUT2D eigenvalue weighted by Gasteiger charge is -2.13. The number of nitro benzene ring substituents is 1. The van der Waals surface area contributed by atoms with Crippen LogP contribution < -0.4 is 10.1 Å². The maximum atomic E-state index is 13.5. The first-order valence-electron chi connectivity index (χ1n) is 5.34. The normalized spacial score (nSPS) is 11.9. The first-order chi connectivity index (χ1) is 8.86. The highest BCUT2D eigenvalue weighted by Crippen LogP contribution is 2.27. The number of aryl methyl sites for hydroxylation is 1. The third-order valence-electron chi connectivity index (χ3n) is 2.50. The van der Waals surface area contributed by atoms with Gasteiger partial charge in [-0.2, -0.15) is 0 Å². The molecule has 0 radical (unpaired) electrons. The van der Waals surface area contributed by atoms with E-state index in [1.165, 1.54) is 20.0 Å². The number of nitrogens with one attached hydrogen (secondary N) is 1. The fourth-order valence-corrected chi connectivity index (χ4v) is 1.40. The third-order valence-corrected chi connectivity index (χ3v) is 2.50. The minimum Gasteiger partial charge on any atom is -0.488 e. The average Bonchev–Trinajstić information content (AvgIpc) is 2.32. The summed E-state index contributed by atoms with van der Waals surface area (Å²) in [6, 6.07) is 0.928. The van der Waals surface area contributed by atoms with Crippen molar-refractivity contribution in [3.8, 4) is 5.75 Å². The zero-order chi connectivity index (χ0) is 14.6. The molecule has 1 unspecified atom stereocenters. The summed E-state index contributed by atoms with van der Waals surface area (Å²) >= 11 is 0. The zero-order valence-corrected chi connectivity index (χ0v) is 10.3. The van der Waals surface area contributed by atoms with Gasteiger partial charge >= 0.3 is 5.97 Å². The standard InChI is InChI=1S/C11H13FN2O5/c1-6-3-10(7(12)4-9(6)14(17)18)19-5-8(13-2)11(15)16/h3-4,8,13H,5H2,1-2H3,(H,15,16). The number of carbonyl (C=O) groups is 1. The van der Waals surface area contributed by atoms with E-state index in [1.54, 1.807) is 0 Å². The maximum Gasteiger partial charge on any atom is 0.324 e.